The predicted molar refractivity (Wildman–Crippen MR) is 138 cm³/mol. The number of halogens is 1. The molecule has 2 aliphatic heterocycles. The van der Waals surface area contributed by atoms with Crippen LogP contribution in [0.3, 0.4) is 0 Å². The van der Waals surface area contributed by atoms with Crippen molar-refractivity contribution < 1.29 is 23.1 Å². The van der Waals surface area contributed by atoms with Gasteiger partial charge in [0.1, 0.15) is 18.2 Å². The van der Waals surface area contributed by atoms with Gasteiger partial charge in [0.05, 0.1) is 36.5 Å². The van der Waals surface area contributed by atoms with E-state index in [1.165, 1.54) is 17.8 Å². The monoisotopic (exact) mass is 517 g/mol. The molecule has 1 atom stereocenters. The summed E-state index contributed by atoms with van der Waals surface area (Å²) in [5.41, 5.74) is 2.42. The number of benzene rings is 2. The van der Waals surface area contributed by atoms with Crippen molar-refractivity contribution in [3.8, 4) is 0 Å². The van der Waals surface area contributed by atoms with E-state index in [4.69, 9.17) is 9.15 Å². The maximum absolute atomic E-state index is 15.2. The van der Waals surface area contributed by atoms with E-state index in [0.29, 0.717) is 27.9 Å². The Balaban J connectivity index is 1.42. The van der Waals surface area contributed by atoms with Gasteiger partial charge in [0.15, 0.2) is 5.17 Å². The second kappa shape index (κ2) is 10.9. The molecule has 188 valence electrons. The quantitative estimate of drug-likeness (QED) is 0.401. The number of hydrogen-bond acceptors (Lipinski definition) is 7. The third kappa shape index (κ3) is 5.36. The van der Waals surface area contributed by atoms with Crippen molar-refractivity contribution in [2.75, 3.05) is 0 Å². The van der Waals surface area contributed by atoms with E-state index in [2.05, 4.69) is 10.3 Å². The van der Waals surface area contributed by atoms with Crippen LogP contribution in [0.4, 0.5) is 4.39 Å². The number of hydrogen-bond donors (Lipinski definition) is 1. The van der Waals surface area contributed by atoms with Gasteiger partial charge in [-0.05, 0) is 36.1 Å². The van der Waals surface area contributed by atoms with Crippen LogP contribution in [0, 0.1) is 5.82 Å². The molecule has 0 saturated carbocycles. The molecule has 0 radical (unpaired) electrons. The number of rotatable bonds is 8. The summed E-state index contributed by atoms with van der Waals surface area (Å²) in [7, 11) is 0. The average Bonchev–Trinajstić information content (AvgIpc) is 3.56. The molecule has 0 saturated heterocycles. The second-order valence-electron chi connectivity index (χ2n) is 8.51. The smallest absolute Gasteiger partial charge is 0.338 e. The van der Waals surface area contributed by atoms with Crippen LogP contribution in [0.1, 0.15) is 36.3 Å². The van der Waals surface area contributed by atoms with Gasteiger partial charge >= 0.3 is 5.97 Å². The van der Waals surface area contributed by atoms with E-state index in [-0.39, 0.29) is 31.1 Å². The van der Waals surface area contributed by atoms with E-state index in [0.717, 1.165) is 5.56 Å². The van der Waals surface area contributed by atoms with Gasteiger partial charge < -0.3 is 19.4 Å². The van der Waals surface area contributed by atoms with Crippen LogP contribution in [-0.4, -0.2) is 21.9 Å². The molecule has 7 nitrogen and oxygen atoms in total. The molecule has 0 bridgehead atoms. The highest BCUT2D eigenvalue weighted by Gasteiger charge is 2.42. The minimum absolute atomic E-state index is 0.0169. The lowest BCUT2D eigenvalue weighted by atomic mass is 9.93. The molecule has 0 spiro atoms. The molecule has 1 amide bonds. The van der Waals surface area contributed by atoms with Crippen LogP contribution >= 0.6 is 11.8 Å². The van der Waals surface area contributed by atoms with Crippen LogP contribution in [0.5, 0.6) is 0 Å². The fourth-order valence-corrected chi connectivity index (χ4v) is 5.21. The fraction of sp³-hybridized carbons (Fsp3) is 0.179. The molecular formula is C28H24FN3O4S. The van der Waals surface area contributed by atoms with Crippen molar-refractivity contribution in [1.29, 1.82) is 0 Å². The number of amidine groups is 1. The lowest BCUT2D eigenvalue weighted by Crippen LogP contribution is -2.38. The lowest BCUT2D eigenvalue weighted by molar-refractivity contribution is -0.141. The summed E-state index contributed by atoms with van der Waals surface area (Å²) in [5, 5.41) is 5.21. The van der Waals surface area contributed by atoms with Crippen molar-refractivity contribution in [2.24, 2.45) is 4.99 Å². The zero-order valence-corrected chi connectivity index (χ0v) is 20.8. The van der Waals surface area contributed by atoms with Crippen molar-refractivity contribution in [1.82, 2.24) is 10.2 Å². The van der Waals surface area contributed by atoms with E-state index in [1.807, 2.05) is 35.7 Å². The highest BCUT2D eigenvalue weighted by atomic mass is 32.2. The van der Waals surface area contributed by atoms with Gasteiger partial charge in [-0.1, -0.05) is 60.3 Å². The largest absolute Gasteiger partial charge is 0.467 e. The number of carbonyl (C=O) groups is 2. The first-order valence-corrected chi connectivity index (χ1v) is 12.6. The highest BCUT2D eigenvalue weighted by molar-refractivity contribution is 8.16. The zero-order valence-electron chi connectivity index (χ0n) is 20.0. The third-order valence-electron chi connectivity index (χ3n) is 6.01. The summed E-state index contributed by atoms with van der Waals surface area (Å²) >= 11 is 1.33. The molecule has 3 aromatic rings. The lowest BCUT2D eigenvalue weighted by Gasteiger charge is -2.36. The second-order valence-corrected chi connectivity index (χ2v) is 9.35. The molecule has 0 fully saturated rings. The first-order valence-electron chi connectivity index (χ1n) is 11.7. The van der Waals surface area contributed by atoms with Gasteiger partial charge in [0, 0.05) is 11.3 Å². The number of thioether (sulfide) groups is 1. The number of aliphatic imine (C=N–C) groups is 1. The summed E-state index contributed by atoms with van der Waals surface area (Å²) in [6.07, 6.45) is 1.56. The SMILES string of the molecule is CC1=C(C(=O)OCc2ccccc2)C(c2ccccc2F)N2C(CC(=O)NCc3ccco3)=CSC2=N1. The van der Waals surface area contributed by atoms with Gasteiger partial charge in [-0.15, -0.1) is 0 Å². The van der Waals surface area contributed by atoms with Crippen LogP contribution in [0.25, 0.3) is 0 Å². The Morgan fingerprint density at radius 2 is 1.89 bits per heavy atom. The Hall–Kier alpha value is -4.11. The zero-order chi connectivity index (χ0) is 25.8. The van der Waals surface area contributed by atoms with Crippen LogP contribution in [0.15, 0.2) is 105 Å². The minimum Gasteiger partial charge on any atom is -0.467 e. The Bertz CT molecular complexity index is 1400. The van der Waals surface area contributed by atoms with Gasteiger partial charge in [-0.3, -0.25) is 4.79 Å². The molecule has 1 N–H and O–H groups in total. The van der Waals surface area contributed by atoms with Gasteiger partial charge in [-0.2, -0.15) is 0 Å². The third-order valence-corrected chi connectivity index (χ3v) is 6.90. The molecular weight excluding hydrogens is 493 g/mol. The number of allylic oxidation sites excluding steroid dienone is 1. The van der Waals surface area contributed by atoms with Crippen LogP contribution in [-0.2, 0) is 27.5 Å². The van der Waals surface area contributed by atoms with Gasteiger partial charge in [-0.25, -0.2) is 14.2 Å². The van der Waals surface area contributed by atoms with Crippen molar-refractivity contribution in [2.45, 2.75) is 32.5 Å². The van der Waals surface area contributed by atoms with Crippen molar-refractivity contribution >= 4 is 28.8 Å². The molecule has 2 aliphatic rings. The van der Waals surface area contributed by atoms with Gasteiger partial charge in [0.2, 0.25) is 5.91 Å². The molecule has 5 rings (SSSR count). The Morgan fingerprint density at radius 1 is 1.11 bits per heavy atom. The maximum Gasteiger partial charge on any atom is 0.338 e. The number of nitrogens with one attached hydrogen (secondary N) is 1. The summed E-state index contributed by atoms with van der Waals surface area (Å²) < 4.78 is 26.1. The topological polar surface area (TPSA) is 84.1 Å². The minimum atomic E-state index is -0.837. The van der Waals surface area contributed by atoms with E-state index < -0.39 is 17.8 Å². The number of ether oxygens (including phenoxy) is 1. The maximum atomic E-state index is 15.2. The molecule has 1 aromatic heterocycles. The van der Waals surface area contributed by atoms with Crippen molar-refractivity contribution in [3.05, 3.63) is 118 Å². The van der Waals surface area contributed by atoms with Crippen LogP contribution < -0.4 is 5.32 Å². The number of fused-ring (bicyclic) bond motifs is 1. The molecule has 3 heterocycles. The fourth-order valence-electron chi connectivity index (χ4n) is 4.25. The standard InChI is InChI=1S/C28H24FN3O4S/c1-18-25(27(34)36-16-19-8-3-2-4-9-19)26(22-11-5-6-12-23(22)29)32-20(17-37-28(32)31-18)14-24(33)30-15-21-10-7-13-35-21/h2-13,17,26H,14-16H2,1H3,(H,30,33). The molecule has 37 heavy (non-hydrogen) atoms. The first-order chi connectivity index (χ1) is 18.0. The van der Waals surface area contributed by atoms with Gasteiger partial charge in [0.25, 0.3) is 0 Å². The molecule has 1 unspecified atom stereocenters. The number of furan rings is 1. The molecule has 9 heteroatoms. The Morgan fingerprint density at radius 3 is 2.65 bits per heavy atom. The Labute approximate surface area is 217 Å². The average molecular weight is 518 g/mol. The molecule has 2 aromatic carbocycles. The van der Waals surface area contributed by atoms with Crippen molar-refractivity contribution in [3.63, 3.8) is 0 Å². The molecule has 0 aliphatic carbocycles. The number of nitrogens with zero attached hydrogens (tertiary/aromatic N) is 2. The normalized spacial score (nSPS) is 16.7. The summed E-state index contributed by atoms with van der Waals surface area (Å²) in [5.74, 6) is -0.657. The van der Waals surface area contributed by atoms with Crippen LogP contribution in [0.2, 0.25) is 0 Å². The number of carbonyl (C=O) groups excluding carboxylic acids is 2. The highest BCUT2D eigenvalue weighted by Crippen LogP contribution is 2.45. The van der Waals surface area contributed by atoms with E-state index in [9.17, 15) is 9.59 Å². The summed E-state index contributed by atoms with van der Waals surface area (Å²) in [6.45, 7) is 2.04. The summed E-state index contributed by atoms with van der Waals surface area (Å²) in [4.78, 5) is 32.6. The van der Waals surface area contributed by atoms with E-state index >= 15 is 4.39 Å². The summed E-state index contributed by atoms with van der Waals surface area (Å²) in [6, 6.07) is 18.3. The number of esters is 1. The predicted octanol–water partition coefficient (Wildman–Crippen LogP) is 5.44. The Kier molecular flexibility index (Phi) is 7.23. The van der Waals surface area contributed by atoms with E-state index in [1.54, 1.807) is 48.4 Å². The first kappa shape index (κ1) is 24.6. The number of amides is 1.